The fourth-order valence-corrected chi connectivity index (χ4v) is 4.19. The van der Waals surface area contributed by atoms with E-state index in [-0.39, 0.29) is 11.8 Å². The Labute approximate surface area is 192 Å². The number of carbonyl (C=O) groups is 1. The lowest BCUT2D eigenvalue weighted by atomic mass is 9.95. The number of pyridine rings is 1. The molecule has 0 aliphatic carbocycles. The van der Waals surface area contributed by atoms with E-state index in [1.807, 2.05) is 60.7 Å². The van der Waals surface area contributed by atoms with E-state index < -0.39 is 0 Å². The Morgan fingerprint density at radius 1 is 1.00 bits per heavy atom. The lowest BCUT2D eigenvalue weighted by Gasteiger charge is -2.32. The number of hydrogen-bond acceptors (Lipinski definition) is 6. The molecule has 0 unspecified atom stereocenters. The third kappa shape index (κ3) is 4.62. The number of para-hydroxylation sites is 1. The highest BCUT2D eigenvalue weighted by Gasteiger charge is 2.26. The van der Waals surface area contributed by atoms with Crippen molar-refractivity contribution in [1.29, 1.82) is 0 Å². The maximum Gasteiger partial charge on any atom is 0.227 e. The summed E-state index contributed by atoms with van der Waals surface area (Å²) >= 11 is 0. The van der Waals surface area contributed by atoms with Crippen LogP contribution in [-0.4, -0.2) is 41.1 Å². The zero-order valence-corrected chi connectivity index (χ0v) is 18.4. The number of fused-ring (bicyclic) bond motifs is 1. The predicted molar refractivity (Wildman–Crippen MR) is 129 cm³/mol. The zero-order valence-electron chi connectivity index (χ0n) is 18.4. The molecule has 1 aliphatic heterocycles. The van der Waals surface area contributed by atoms with E-state index in [1.54, 1.807) is 19.6 Å². The molecule has 2 aromatic carbocycles. The normalized spacial score (nSPS) is 14.3. The smallest absolute Gasteiger partial charge is 0.227 e. The van der Waals surface area contributed by atoms with Crippen molar-refractivity contribution in [3.63, 3.8) is 0 Å². The highest BCUT2D eigenvalue weighted by molar-refractivity contribution is 5.94. The molecule has 166 valence electrons. The van der Waals surface area contributed by atoms with E-state index in [2.05, 4.69) is 25.2 Å². The Morgan fingerprint density at radius 3 is 2.58 bits per heavy atom. The summed E-state index contributed by atoms with van der Waals surface area (Å²) in [7, 11) is 1.65. The first-order valence-electron chi connectivity index (χ1n) is 11.1. The van der Waals surface area contributed by atoms with Gasteiger partial charge in [0.05, 0.1) is 30.2 Å². The molecule has 7 nitrogen and oxygen atoms in total. The van der Waals surface area contributed by atoms with Gasteiger partial charge in [0.25, 0.3) is 0 Å². The number of ether oxygens (including phenoxy) is 1. The van der Waals surface area contributed by atoms with Gasteiger partial charge in [-0.25, -0.2) is 9.97 Å². The van der Waals surface area contributed by atoms with Gasteiger partial charge in [0.2, 0.25) is 5.91 Å². The number of anilines is 2. The number of amides is 1. The van der Waals surface area contributed by atoms with Gasteiger partial charge in [-0.05, 0) is 49.2 Å². The third-order valence-corrected chi connectivity index (χ3v) is 6.09. The largest absolute Gasteiger partial charge is 0.497 e. The van der Waals surface area contributed by atoms with Gasteiger partial charge in [-0.2, -0.15) is 0 Å². The molecule has 4 aromatic rings. The summed E-state index contributed by atoms with van der Waals surface area (Å²) in [5, 5.41) is 4.06. The van der Waals surface area contributed by atoms with Crippen LogP contribution in [0.1, 0.15) is 12.8 Å². The van der Waals surface area contributed by atoms with Gasteiger partial charge in [0.1, 0.15) is 17.9 Å². The Hall–Kier alpha value is -4.00. The molecule has 0 radical (unpaired) electrons. The number of methoxy groups -OCH3 is 1. The molecule has 33 heavy (non-hydrogen) atoms. The number of rotatable bonds is 5. The summed E-state index contributed by atoms with van der Waals surface area (Å²) < 4.78 is 5.23. The Bertz CT molecular complexity index is 1270. The maximum absolute atomic E-state index is 12.8. The molecule has 1 fully saturated rings. The molecule has 7 heteroatoms. The minimum Gasteiger partial charge on any atom is -0.497 e. The molecule has 5 rings (SSSR count). The number of aromatic nitrogens is 3. The van der Waals surface area contributed by atoms with Gasteiger partial charge in [-0.15, -0.1) is 0 Å². The van der Waals surface area contributed by atoms with Crippen molar-refractivity contribution in [3.8, 4) is 17.0 Å². The van der Waals surface area contributed by atoms with Crippen molar-refractivity contribution in [2.45, 2.75) is 12.8 Å². The van der Waals surface area contributed by atoms with E-state index in [0.29, 0.717) is 0 Å². The number of nitrogens with zero attached hydrogens (tertiary/aromatic N) is 4. The Morgan fingerprint density at radius 2 is 1.79 bits per heavy atom. The minimum atomic E-state index is -0.0318. The highest BCUT2D eigenvalue weighted by atomic mass is 16.5. The predicted octanol–water partition coefficient (Wildman–Crippen LogP) is 4.56. The van der Waals surface area contributed by atoms with Crippen molar-refractivity contribution in [2.75, 3.05) is 30.4 Å². The molecule has 1 N–H and O–H groups in total. The van der Waals surface area contributed by atoms with Gasteiger partial charge in [-0.3, -0.25) is 9.78 Å². The monoisotopic (exact) mass is 439 g/mol. The van der Waals surface area contributed by atoms with Crippen molar-refractivity contribution < 1.29 is 9.53 Å². The molecular formula is C26H25N5O2. The number of hydrogen-bond donors (Lipinski definition) is 1. The van der Waals surface area contributed by atoms with Gasteiger partial charge in [0.15, 0.2) is 0 Å². The van der Waals surface area contributed by atoms with Crippen LogP contribution >= 0.6 is 0 Å². The first kappa shape index (κ1) is 20.9. The van der Waals surface area contributed by atoms with Crippen LogP contribution < -0.4 is 15.0 Å². The SMILES string of the molecule is COc1ccc(-c2cc(N3CCC(C(=O)Nc4cnc5ccccc5c4)CC3)ncn2)cc1. The molecule has 1 amide bonds. The summed E-state index contributed by atoms with van der Waals surface area (Å²) in [6.07, 6.45) is 4.86. The van der Waals surface area contributed by atoms with Crippen molar-refractivity contribution in [2.24, 2.45) is 5.92 Å². The standard InChI is InChI=1S/C26H25N5O2/c1-33-22-8-6-18(7-9-22)24-15-25(29-17-28-24)31-12-10-19(11-13-31)26(32)30-21-14-20-4-2-3-5-23(20)27-16-21/h2-9,14-17,19H,10-13H2,1H3,(H,30,32). The van der Waals surface area contributed by atoms with Gasteiger partial charge >= 0.3 is 0 Å². The summed E-state index contributed by atoms with van der Waals surface area (Å²) in [6, 6.07) is 19.7. The van der Waals surface area contributed by atoms with Crippen LogP contribution in [0, 0.1) is 5.92 Å². The first-order chi connectivity index (χ1) is 16.2. The molecule has 0 spiro atoms. The quantitative estimate of drug-likeness (QED) is 0.491. The van der Waals surface area contributed by atoms with E-state index in [0.717, 1.165) is 65.3 Å². The van der Waals surface area contributed by atoms with Crippen LogP contribution in [-0.2, 0) is 4.79 Å². The molecule has 1 aliphatic rings. The van der Waals surface area contributed by atoms with E-state index in [4.69, 9.17) is 4.74 Å². The van der Waals surface area contributed by atoms with Crippen LogP contribution in [0.3, 0.4) is 0 Å². The third-order valence-electron chi connectivity index (χ3n) is 6.09. The van der Waals surface area contributed by atoms with E-state index in [9.17, 15) is 4.79 Å². The van der Waals surface area contributed by atoms with Gasteiger partial charge < -0.3 is 15.0 Å². The number of carbonyl (C=O) groups excluding carboxylic acids is 1. The second-order valence-corrected chi connectivity index (χ2v) is 8.16. The second kappa shape index (κ2) is 9.24. The van der Waals surface area contributed by atoms with Crippen LogP contribution in [0.2, 0.25) is 0 Å². The average molecular weight is 440 g/mol. The zero-order chi connectivity index (χ0) is 22.6. The molecule has 2 aromatic heterocycles. The molecular weight excluding hydrogens is 414 g/mol. The van der Waals surface area contributed by atoms with Gasteiger partial charge in [0, 0.05) is 36.0 Å². The fourth-order valence-electron chi connectivity index (χ4n) is 4.19. The summed E-state index contributed by atoms with van der Waals surface area (Å²) in [5.74, 6) is 1.71. The van der Waals surface area contributed by atoms with Crippen molar-refractivity contribution in [3.05, 3.63) is 73.2 Å². The van der Waals surface area contributed by atoms with Gasteiger partial charge in [-0.1, -0.05) is 18.2 Å². The highest BCUT2D eigenvalue weighted by Crippen LogP contribution is 2.27. The Kier molecular flexibility index (Phi) is 5.85. The van der Waals surface area contributed by atoms with Crippen molar-refractivity contribution >= 4 is 28.3 Å². The topological polar surface area (TPSA) is 80.2 Å². The summed E-state index contributed by atoms with van der Waals surface area (Å²) in [6.45, 7) is 1.54. The molecule has 1 saturated heterocycles. The number of benzene rings is 2. The molecule has 0 bridgehead atoms. The second-order valence-electron chi connectivity index (χ2n) is 8.16. The lowest BCUT2D eigenvalue weighted by Crippen LogP contribution is -2.38. The molecule has 0 saturated carbocycles. The van der Waals surface area contributed by atoms with Crippen LogP contribution in [0.5, 0.6) is 5.75 Å². The summed E-state index contributed by atoms with van der Waals surface area (Å²) in [4.78, 5) is 28.4. The first-order valence-corrected chi connectivity index (χ1v) is 11.1. The minimum absolute atomic E-state index is 0.0318. The molecule has 0 atom stereocenters. The van der Waals surface area contributed by atoms with Crippen LogP contribution in [0.15, 0.2) is 73.2 Å². The van der Waals surface area contributed by atoms with E-state index in [1.165, 1.54) is 0 Å². The summed E-state index contributed by atoms with van der Waals surface area (Å²) in [5.41, 5.74) is 3.53. The molecule has 3 heterocycles. The lowest BCUT2D eigenvalue weighted by molar-refractivity contribution is -0.120. The number of nitrogens with one attached hydrogen (secondary N) is 1. The maximum atomic E-state index is 12.8. The van der Waals surface area contributed by atoms with Crippen LogP contribution in [0.4, 0.5) is 11.5 Å². The average Bonchev–Trinajstić information content (AvgIpc) is 2.89. The van der Waals surface area contributed by atoms with Crippen LogP contribution in [0.25, 0.3) is 22.2 Å². The number of piperidine rings is 1. The fraction of sp³-hybridized carbons (Fsp3) is 0.231. The Balaban J connectivity index is 1.21. The van der Waals surface area contributed by atoms with E-state index >= 15 is 0 Å². The van der Waals surface area contributed by atoms with Crippen molar-refractivity contribution in [1.82, 2.24) is 15.0 Å².